The Labute approximate surface area is 170 Å². The van der Waals surface area contributed by atoms with E-state index in [0.717, 1.165) is 28.1 Å². The zero-order valence-electron chi connectivity index (χ0n) is 16.9. The highest BCUT2D eigenvalue weighted by Gasteiger charge is 2.07. The number of methoxy groups -OCH3 is 1. The van der Waals surface area contributed by atoms with Crippen molar-refractivity contribution in [3.05, 3.63) is 76.1 Å². The summed E-state index contributed by atoms with van der Waals surface area (Å²) in [6.07, 6.45) is 0.829. The molecule has 3 aromatic rings. The Morgan fingerprint density at radius 2 is 1.83 bits per heavy atom. The van der Waals surface area contributed by atoms with Crippen LogP contribution in [0.2, 0.25) is 0 Å². The average Bonchev–Trinajstić information content (AvgIpc) is 2.68. The average molecular weight is 391 g/mol. The molecular formula is C23H25N3O3. The summed E-state index contributed by atoms with van der Waals surface area (Å²) < 4.78 is 6.65. The van der Waals surface area contributed by atoms with Gasteiger partial charge in [0.05, 0.1) is 12.8 Å². The lowest BCUT2D eigenvalue weighted by Crippen LogP contribution is -2.23. The summed E-state index contributed by atoms with van der Waals surface area (Å²) >= 11 is 0. The molecule has 3 rings (SSSR count). The fourth-order valence-corrected chi connectivity index (χ4v) is 3.21. The Balaban J connectivity index is 1.63. The molecule has 0 spiro atoms. The molecule has 1 heterocycles. The second-order valence-electron chi connectivity index (χ2n) is 7.04. The van der Waals surface area contributed by atoms with E-state index >= 15 is 0 Å². The van der Waals surface area contributed by atoms with Crippen molar-refractivity contribution in [2.45, 2.75) is 33.2 Å². The first-order valence-electron chi connectivity index (χ1n) is 9.55. The molecule has 0 aliphatic rings. The molecule has 1 aromatic heterocycles. The summed E-state index contributed by atoms with van der Waals surface area (Å²) in [5, 5.41) is 7.35. The van der Waals surface area contributed by atoms with E-state index in [2.05, 4.69) is 16.5 Å². The largest absolute Gasteiger partial charge is 0.497 e. The molecule has 29 heavy (non-hydrogen) atoms. The van der Waals surface area contributed by atoms with Gasteiger partial charge in [-0.1, -0.05) is 18.2 Å². The predicted octanol–water partition coefficient (Wildman–Crippen LogP) is 3.95. The number of rotatable bonds is 7. The fourth-order valence-electron chi connectivity index (χ4n) is 3.21. The molecule has 0 unspecified atom stereocenters. The van der Waals surface area contributed by atoms with Crippen LogP contribution in [-0.4, -0.2) is 22.8 Å². The van der Waals surface area contributed by atoms with Crippen molar-refractivity contribution < 1.29 is 9.53 Å². The van der Waals surface area contributed by atoms with E-state index in [1.165, 1.54) is 10.7 Å². The lowest BCUT2D eigenvalue weighted by molar-refractivity contribution is -0.116. The molecular weight excluding hydrogens is 366 g/mol. The van der Waals surface area contributed by atoms with Gasteiger partial charge in [0, 0.05) is 30.3 Å². The molecule has 0 saturated carbocycles. The van der Waals surface area contributed by atoms with Gasteiger partial charge in [0.2, 0.25) is 5.91 Å². The van der Waals surface area contributed by atoms with Gasteiger partial charge in [-0.25, -0.2) is 4.68 Å². The molecule has 0 aliphatic carbocycles. The molecule has 0 aliphatic heterocycles. The third kappa shape index (κ3) is 5.54. The first-order chi connectivity index (χ1) is 13.9. The first kappa shape index (κ1) is 20.3. The maximum Gasteiger partial charge on any atom is 0.266 e. The molecule has 0 bridgehead atoms. The third-order valence-corrected chi connectivity index (χ3v) is 4.51. The number of carbonyl (C=O) groups excluding carboxylic acids is 1. The predicted molar refractivity (Wildman–Crippen MR) is 114 cm³/mol. The fraction of sp³-hybridized carbons (Fsp3) is 0.261. The molecule has 0 radical (unpaired) electrons. The first-order valence-corrected chi connectivity index (χ1v) is 9.55. The van der Waals surface area contributed by atoms with E-state index in [0.29, 0.717) is 25.1 Å². The highest BCUT2D eigenvalue weighted by Crippen LogP contribution is 2.21. The standard InChI is InChI=1S/C23H25N3O3/c1-16-12-17(2)14-19(13-16)24-22(27)8-5-11-26-23(28)10-9-21(25-26)18-6-4-7-20(15-18)29-3/h4,6-7,9-10,12-15H,5,8,11H2,1-3H3,(H,24,27). The lowest BCUT2D eigenvalue weighted by Gasteiger charge is -2.09. The number of hydrogen-bond acceptors (Lipinski definition) is 4. The Morgan fingerprint density at radius 1 is 1.07 bits per heavy atom. The van der Waals surface area contributed by atoms with Crippen molar-refractivity contribution in [1.29, 1.82) is 0 Å². The Morgan fingerprint density at radius 3 is 2.55 bits per heavy atom. The van der Waals surface area contributed by atoms with Gasteiger partial charge < -0.3 is 10.1 Å². The van der Waals surface area contributed by atoms with E-state index in [1.54, 1.807) is 13.2 Å². The number of amides is 1. The normalized spacial score (nSPS) is 10.6. The zero-order chi connectivity index (χ0) is 20.8. The number of benzene rings is 2. The van der Waals surface area contributed by atoms with Gasteiger partial charge in [0.1, 0.15) is 5.75 Å². The van der Waals surface area contributed by atoms with Crippen LogP contribution in [0.25, 0.3) is 11.3 Å². The summed E-state index contributed by atoms with van der Waals surface area (Å²) in [4.78, 5) is 24.4. The van der Waals surface area contributed by atoms with Crippen LogP contribution in [0.4, 0.5) is 5.69 Å². The molecule has 150 valence electrons. The molecule has 0 atom stereocenters. The summed E-state index contributed by atoms with van der Waals surface area (Å²) in [7, 11) is 1.61. The molecule has 0 saturated heterocycles. The van der Waals surface area contributed by atoms with Crippen LogP contribution >= 0.6 is 0 Å². The number of carbonyl (C=O) groups is 1. The number of ether oxygens (including phenoxy) is 1. The minimum absolute atomic E-state index is 0.0769. The molecule has 1 N–H and O–H groups in total. The van der Waals surface area contributed by atoms with Crippen molar-refractivity contribution >= 4 is 11.6 Å². The van der Waals surface area contributed by atoms with E-state index in [9.17, 15) is 9.59 Å². The Bertz CT molecular complexity index is 1050. The number of nitrogens with one attached hydrogen (secondary N) is 1. The minimum Gasteiger partial charge on any atom is -0.497 e. The van der Waals surface area contributed by atoms with Crippen molar-refractivity contribution in [2.75, 3.05) is 12.4 Å². The van der Waals surface area contributed by atoms with Gasteiger partial charge in [0.15, 0.2) is 0 Å². The topological polar surface area (TPSA) is 73.2 Å². The smallest absolute Gasteiger partial charge is 0.266 e. The van der Waals surface area contributed by atoms with E-state index in [4.69, 9.17) is 4.74 Å². The lowest BCUT2D eigenvalue weighted by atomic mass is 10.1. The van der Waals surface area contributed by atoms with Gasteiger partial charge in [0.25, 0.3) is 5.56 Å². The number of nitrogens with zero attached hydrogens (tertiary/aromatic N) is 2. The highest BCUT2D eigenvalue weighted by molar-refractivity contribution is 5.90. The van der Waals surface area contributed by atoms with Crippen LogP contribution in [0.15, 0.2) is 59.4 Å². The number of aromatic nitrogens is 2. The van der Waals surface area contributed by atoms with Gasteiger partial charge in [-0.2, -0.15) is 5.10 Å². The summed E-state index contributed by atoms with van der Waals surface area (Å²) in [6, 6.07) is 16.6. The van der Waals surface area contributed by atoms with E-state index in [-0.39, 0.29) is 11.5 Å². The molecule has 0 fully saturated rings. The van der Waals surface area contributed by atoms with Crippen molar-refractivity contribution in [1.82, 2.24) is 9.78 Å². The second kappa shape index (κ2) is 9.19. The number of anilines is 1. The van der Waals surface area contributed by atoms with Crippen LogP contribution in [0.3, 0.4) is 0 Å². The zero-order valence-corrected chi connectivity index (χ0v) is 16.9. The van der Waals surface area contributed by atoms with Crippen LogP contribution in [0.1, 0.15) is 24.0 Å². The molecule has 1 amide bonds. The second-order valence-corrected chi connectivity index (χ2v) is 7.04. The molecule has 6 heteroatoms. The van der Waals surface area contributed by atoms with Gasteiger partial charge >= 0.3 is 0 Å². The Kier molecular flexibility index (Phi) is 6.44. The van der Waals surface area contributed by atoms with Crippen LogP contribution in [0, 0.1) is 13.8 Å². The van der Waals surface area contributed by atoms with Crippen molar-refractivity contribution in [2.24, 2.45) is 0 Å². The van der Waals surface area contributed by atoms with Gasteiger partial charge in [-0.3, -0.25) is 9.59 Å². The van der Waals surface area contributed by atoms with Crippen LogP contribution in [0.5, 0.6) is 5.75 Å². The van der Waals surface area contributed by atoms with Gasteiger partial charge in [-0.05, 0) is 61.7 Å². The van der Waals surface area contributed by atoms with Crippen LogP contribution in [-0.2, 0) is 11.3 Å². The SMILES string of the molecule is COc1cccc(-c2ccc(=O)n(CCCC(=O)Nc3cc(C)cc(C)c3)n2)c1. The molecule has 6 nitrogen and oxygen atoms in total. The maximum absolute atomic E-state index is 12.2. The minimum atomic E-state index is -0.189. The van der Waals surface area contributed by atoms with Gasteiger partial charge in [-0.15, -0.1) is 0 Å². The number of aryl methyl sites for hydroxylation is 3. The summed E-state index contributed by atoms with van der Waals surface area (Å²) in [5.74, 6) is 0.650. The van der Waals surface area contributed by atoms with Crippen molar-refractivity contribution in [3.8, 4) is 17.0 Å². The highest BCUT2D eigenvalue weighted by atomic mass is 16.5. The summed E-state index contributed by atoms with van der Waals surface area (Å²) in [5.41, 5.74) is 4.36. The van der Waals surface area contributed by atoms with E-state index < -0.39 is 0 Å². The molecule has 2 aromatic carbocycles. The monoisotopic (exact) mass is 391 g/mol. The Hall–Kier alpha value is -3.41. The third-order valence-electron chi connectivity index (χ3n) is 4.51. The summed E-state index contributed by atoms with van der Waals surface area (Å²) in [6.45, 7) is 4.36. The van der Waals surface area contributed by atoms with Crippen molar-refractivity contribution in [3.63, 3.8) is 0 Å². The quantitative estimate of drug-likeness (QED) is 0.662. The van der Waals surface area contributed by atoms with Crippen LogP contribution < -0.4 is 15.6 Å². The van der Waals surface area contributed by atoms with E-state index in [1.807, 2.05) is 50.2 Å². The maximum atomic E-state index is 12.2. The number of hydrogen-bond donors (Lipinski definition) is 1.